The van der Waals surface area contributed by atoms with Gasteiger partial charge in [0.25, 0.3) is 0 Å². The lowest BCUT2D eigenvalue weighted by molar-refractivity contribution is 0.325. The molecule has 0 saturated carbocycles. The van der Waals surface area contributed by atoms with Gasteiger partial charge in [-0.3, -0.25) is 0 Å². The summed E-state index contributed by atoms with van der Waals surface area (Å²) in [5.41, 5.74) is 1.14. The Labute approximate surface area is 179 Å². The van der Waals surface area contributed by atoms with E-state index in [4.69, 9.17) is 9.72 Å². The standard InChI is InChI=1S/C25H45N3O/c1-3-5-6-7-8-9-10-11-12-13-14-15-16-17-19-23-22-24(29-4-2)27-25(26-23)28-20-18-21-28/h22H,3-21H2,1-2H3. The molecule has 0 aliphatic carbocycles. The Balaban J connectivity index is 1.48. The second kappa shape index (κ2) is 15.5. The van der Waals surface area contributed by atoms with Crippen LogP contribution >= 0.6 is 0 Å². The number of aromatic nitrogens is 2. The summed E-state index contributed by atoms with van der Waals surface area (Å²) in [6.07, 6.45) is 21.9. The molecule has 166 valence electrons. The molecule has 1 aliphatic rings. The molecule has 0 amide bonds. The minimum absolute atomic E-state index is 0.661. The highest BCUT2D eigenvalue weighted by molar-refractivity contribution is 5.36. The molecule has 4 heteroatoms. The molecule has 1 fully saturated rings. The van der Waals surface area contributed by atoms with E-state index in [1.807, 2.05) is 13.0 Å². The number of aryl methyl sites for hydroxylation is 1. The van der Waals surface area contributed by atoms with E-state index in [-0.39, 0.29) is 0 Å². The van der Waals surface area contributed by atoms with Gasteiger partial charge in [-0.25, -0.2) is 4.98 Å². The number of anilines is 1. The Hall–Kier alpha value is -1.32. The lowest BCUT2D eigenvalue weighted by Crippen LogP contribution is -2.38. The molecule has 4 nitrogen and oxygen atoms in total. The third-order valence-corrected chi connectivity index (χ3v) is 5.96. The molecule has 2 heterocycles. The molecule has 29 heavy (non-hydrogen) atoms. The summed E-state index contributed by atoms with van der Waals surface area (Å²) in [5.74, 6) is 1.60. The van der Waals surface area contributed by atoms with Crippen molar-refractivity contribution in [2.75, 3.05) is 24.6 Å². The fourth-order valence-electron chi connectivity index (χ4n) is 3.97. The van der Waals surface area contributed by atoms with Gasteiger partial charge in [-0.05, 0) is 26.2 Å². The Morgan fingerprint density at radius 1 is 0.759 bits per heavy atom. The second-order valence-corrected chi connectivity index (χ2v) is 8.62. The summed E-state index contributed by atoms with van der Waals surface area (Å²) in [7, 11) is 0. The van der Waals surface area contributed by atoms with Crippen molar-refractivity contribution in [2.45, 2.75) is 117 Å². The highest BCUT2D eigenvalue weighted by Crippen LogP contribution is 2.21. The molecule has 2 rings (SSSR count). The Morgan fingerprint density at radius 2 is 1.31 bits per heavy atom. The molecule has 1 aromatic rings. The van der Waals surface area contributed by atoms with Gasteiger partial charge in [0.2, 0.25) is 11.8 Å². The Bertz CT molecular complexity index is 531. The maximum absolute atomic E-state index is 5.65. The Morgan fingerprint density at radius 3 is 1.79 bits per heavy atom. The van der Waals surface area contributed by atoms with Gasteiger partial charge in [-0.1, -0.05) is 90.4 Å². The topological polar surface area (TPSA) is 38.2 Å². The zero-order valence-electron chi connectivity index (χ0n) is 19.3. The van der Waals surface area contributed by atoms with Gasteiger partial charge in [0, 0.05) is 24.8 Å². The van der Waals surface area contributed by atoms with Crippen LogP contribution in [0.2, 0.25) is 0 Å². The average Bonchev–Trinajstić information content (AvgIpc) is 2.67. The van der Waals surface area contributed by atoms with Crippen LogP contribution < -0.4 is 9.64 Å². The fraction of sp³-hybridized carbons (Fsp3) is 0.840. The van der Waals surface area contributed by atoms with Crippen LogP contribution in [0.5, 0.6) is 5.88 Å². The summed E-state index contributed by atoms with van der Waals surface area (Å²) in [4.78, 5) is 11.6. The molecule has 1 aromatic heterocycles. The molecule has 0 aromatic carbocycles. The van der Waals surface area contributed by atoms with E-state index in [9.17, 15) is 0 Å². The van der Waals surface area contributed by atoms with Gasteiger partial charge in [0.05, 0.1) is 6.61 Å². The lowest BCUT2D eigenvalue weighted by Gasteiger charge is -2.31. The quantitative estimate of drug-likeness (QED) is 0.245. The van der Waals surface area contributed by atoms with Crippen molar-refractivity contribution in [3.05, 3.63) is 11.8 Å². The van der Waals surface area contributed by atoms with Crippen molar-refractivity contribution < 1.29 is 4.74 Å². The van der Waals surface area contributed by atoms with Crippen LogP contribution in [0, 0.1) is 0 Å². The first kappa shape index (κ1) is 24.0. The molecule has 1 aliphatic heterocycles. The van der Waals surface area contributed by atoms with Gasteiger partial charge >= 0.3 is 0 Å². The van der Waals surface area contributed by atoms with Crippen molar-refractivity contribution in [1.29, 1.82) is 0 Å². The first-order valence-electron chi connectivity index (χ1n) is 12.6. The lowest BCUT2D eigenvalue weighted by atomic mass is 10.0. The summed E-state index contributed by atoms with van der Waals surface area (Å²) in [6, 6.07) is 2.04. The normalized spacial score (nSPS) is 13.5. The number of nitrogens with zero attached hydrogens (tertiary/aromatic N) is 3. The maximum atomic E-state index is 5.65. The minimum Gasteiger partial charge on any atom is -0.478 e. The smallest absolute Gasteiger partial charge is 0.228 e. The van der Waals surface area contributed by atoms with Crippen LogP contribution in [0.4, 0.5) is 5.95 Å². The van der Waals surface area contributed by atoms with Gasteiger partial charge in [0.1, 0.15) is 0 Å². The van der Waals surface area contributed by atoms with Crippen molar-refractivity contribution in [2.24, 2.45) is 0 Å². The molecule has 0 spiro atoms. The average molecular weight is 404 g/mol. The second-order valence-electron chi connectivity index (χ2n) is 8.62. The van der Waals surface area contributed by atoms with E-state index in [1.54, 1.807) is 0 Å². The van der Waals surface area contributed by atoms with Gasteiger partial charge in [0.15, 0.2) is 0 Å². The molecule has 0 unspecified atom stereocenters. The maximum Gasteiger partial charge on any atom is 0.228 e. The van der Waals surface area contributed by atoms with Crippen molar-refractivity contribution >= 4 is 5.95 Å². The number of hydrogen-bond donors (Lipinski definition) is 0. The first-order valence-corrected chi connectivity index (χ1v) is 12.6. The molecule has 1 saturated heterocycles. The van der Waals surface area contributed by atoms with E-state index in [0.29, 0.717) is 6.61 Å². The summed E-state index contributed by atoms with van der Waals surface area (Å²) in [5, 5.41) is 0. The van der Waals surface area contributed by atoms with Crippen LogP contribution in [-0.2, 0) is 6.42 Å². The van der Waals surface area contributed by atoms with E-state index in [1.165, 1.54) is 96.3 Å². The predicted octanol–water partition coefficient (Wildman–Crippen LogP) is 7.11. The van der Waals surface area contributed by atoms with Crippen LogP contribution in [0.1, 0.15) is 116 Å². The molecule has 0 atom stereocenters. The molecule has 0 bridgehead atoms. The highest BCUT2D eigenvalue weighted by atomic mass is 16.5. The number of ether oxygens (including phenoxy) is 1. The molecule has 0 radical (unpaired) electrons. The van der Waals surface area contributed by atoms with Crippen molar-refractivity contribution in [1.82, 2.24) is 9.97 Å². The Kier molecular flexibility index (Phi) is 12.8. The van der Waals surface area contributed by atoms with Crippen molar-refractivity contribution in [3.63, 3.8) is 0 Å². The molecular weight excluding hydrogens is 358 g/mol. The van der Waals surface area contributed by atoms with Crippen molar-refractivity contribution in [3.8, 4) is 5.88 Å². The summed E-state index contributed by atoms with van der Waals surface area (Å²) >= 11 is 0. The SMILES string of the molecule is CCCCCCCCCCCCCCCCc1cc(OCC)nc(N2CCC2)n1. The highest BCUT2D eigenvalue weighted by Gasteiger charge is 2.18. The zero-order valence-corrected chi connectivity index (χ0v) is 19.3. The molecule has 0 N–H and O–H groups in total. The third kappa shape index (κ3) is 10.3. The number of unbranched alkanes of at least 4 members (excludes halogenated alkanes) is 13. The van der Waals surface area contributed by atoms with Gasteiger partial charge in [-0.15, -0.1) is 0 Å². The van der Waals surface area contributed by atoms with Crippen LogP contribution in [-0.4, -0.2) is 29.7 Å². The van der Waals surface area contributed by atoms with Gasteiger partial charge < -0.3 is 9.64 Å². The molecular formula is C25H45N3O. The van der Waals surface area contributed by atoms with Crippen LogP contribution in [0.15, 0.2) is 6.07 Å². The third-order valence-electron chi connectivity index (χ3n) is 5.96. The zero-order chi connectivity index (χ0) is 20.6. The summed E-state index contributed by atoms with van der Waals surface area (Å²) in [6.45, 7) is 7.12. The summed E-state index contributed by atoms with van der Waals surface area (Å²) < 4.78 is 5.65. The van der Waals surface area contributed by atoms with E-state index in [2.05, 4.69) is 16.8 Å². The fourth-order valence-corrected chi connectivity index (χ4v) is 3.97. The van der Waals surface area contributed by atoms with Crippen LogP contribution in [0.25, 0.3) is 0 Å². The van der Waals surface area contributed by atoms with Crippen LogP contribution in [0.3, 0.4) is 0 Å². The van der Waals surface area contributed by atoms with E-state index in [0.717, 1.165) is 37.0 Å². The van der Waals surface area contributed by atoms with E-state index >= 15 is 0 Å². The predicted molar refractivity (Wildman–Crippen MR) is 124 cm³/mol. The van der Waals surface area contributed by atoms with Gasteiger partial charge in [-0.2, -0.15) is 4.98 Å². The van der Waals surface area contributed by atoms with E-state index < -0.39 is 0 Å². The monoisotopic (exact) mass is 403 g/mol. The largest absolute Gasteiger partial charge is 0.478 e. The first-order chi connectivity index (χ1) is 14.3. The minimum atomic E-state index is 0.661. The number of hydrogen-bond acceptors (Lipinski definition) is 4. The number of rotatable bonds is 18.